The summed E-state index contributed by atoms with van der Waals surface area (Å²) in [6, 6.07) is 14.9. The molecule has 1 aliphatic rings. The van der Waals surface area contributed by atoms with Crippen molar-refractivity contribution >= 4 is 15.8 Å². The highest BCUT2D eigenvalue weighted by Gasteiger charge is 2.25. The molecule has 2 heterocycles. The van der Waals surface area contributed by atoms with Crippen LogP contribution in [0.3, 0.4) is 0 Å². The fourth-order valence-electron chi connectivity index (χ4n) is 3.23. The molecule has 140 valence electrons. The molecule has 1 aromatic heterocycles. The Bertz CT molecular complexity index is 1030. The molecule has 1 aliphatic heterocycles. The van der Waals surface area contributed by atoms with Gasteiger partial charge in [-0.1, -0.05) is 30.3 Å². The van der Waals surface area contributed by atoms with E-state index in [2.05, 4.69) is 32.0 Å². The molecule has 0 fully saturated rings. The van der Waals surface area contributed by atoms with Gasteiger partial charge in [-0.2, -0.15) is 5.10 Å². The van der Waals surface area contributed by atoms with Crippen molar-refractivity contribution in [2.45, 2.75) is 24.4 Å². The van der Waals surface area contributed by atoms with Crippen molar-refractivity contribution in [1.29, 1.82) is 0 Å². The van der Waals surface area contributed by atoms with Crippen molar-refractivity contribution in [3.8, 4) is 0 Å². The zero-order valence-corrected chi connectivity index (χ0v) is 15.3. The van der Waals surface area contributed by atoms with Gasteiger partial charge in [0.2, 0.25) is 0 Å². The van der Waals surface area contributed by atoms with Crippen LogP contribution in [0.1, 0.15) is 16.8 Å². The molecule has 0 atom stereocenters. The lowest BCUT2D eigenvalue weighted by Crippen LogP contribution is -2.30. The first-order chi connectivity index (χ1) is 13.0. The summed E-state index contributed by atoms with van der Waals surface area (Å²) in [5, 5.41) is 7.10. The first kappa shape index (κ1) is 17.7. The number of nitrogens with one attached hydrogen (secondary N) is 2. The molecule has 3 aromatic rings. The standard InChI is InChI=1S/C19H19FN4O2S/c20-15-6-8-16(9-7-15)27(25,26)23-19-17-10-11-24(13-18(17)21-22-19)12-14-4-2-1-3-5-14/h1-9H,10-13H2,(H2,21,22,23). The lowest BCUT2D eigenvalue weighted by atomic mass is 10.1. The smallest absolute Gasteiger partial charge is 0.263 e. The van der Waals surface area contributed by atoms with Crippen molar-refractivity contribution in [3.63, 3.8) is 0 Å². The summed E-state index contributed by atoms with van der Waals surface area (Å²) in [5.41, 5.74) is 3.02. The van der Waals surface area contributed by atoms with Crippen molar-refractivity contribution in [2.75, 3.05) is 11.3 Å². The molecule has 0 saturated carbocycles. The summed E-state index contributed by atoms with van der Waals surface area (Å²) < 4.78 is 40.6. The highest BCUT2D eigenvalue weighted by atomic mass is 32.2. The summed E-state index contributed by atoms with van der Waals surface area (Å²) in [5.74, 6) is -0.168. The lowest BCUT2D eigenvalue weighted by Gasteiger charge is -2.26. The number of rotatable bonds is 5. The van der Waals surface area contributed by atoms with E-state index in [0.29, 0.717) is 18.8 Å². The molecule has 0 bridgehead atoms. The molecule has 0 radical (unpaired) electrons. The van der Waals surface area contributed by atoms with Crippen molar-refractivity contribution in [2.24, 2.45) is 0 Å². The minimum absolute atomic E-state index is 0.00200. The zero-order chi connectivity index (χ0) is 18.9. The van der Waals surface area contributed by atoms with Crippen LogP contribution in [0.15, 0.2) is 59.5 Å². The second-order valence-corrected chi connectivity index (χ2v) is 8.22. The van der Waals surface area contributed by atoms with E-state index in [1.165, 1.54) is 17.7 Å². The molecular weight excluding hydrogens is 367 g/mol. The molecule has 4 rings (SSSR count). The van der Waals surface area contributed by atoms with E-state index in [1.54, 1.807) is 0 Å². The normalized spacial score (nSPS) is 14.7. The molecule has 8 heteroatoms. The Labute approximate surface area is 157 Å². The van der Waals surface area contributed by atoms with Gasteiger partial charge < -0.3 is 0 Å². The van der Waals surface area contributed by atoms with Crippen LogP contribution in [0.5, 0.6) is 0 Å². The Hall–Kier alpha value is -2.71. The van der Waals surface area contributed by atoms with Gasteiger partial charge in [0, 0.05) is 25.2 Å². The van der Waals surface area contributed by atoms with Crippen LogP contribution in [0, 0.1) is 5.82 Å². The van der Waals surface area contributed by atoms with E-state index in [1.807, 2.05) is 18.2 Å². The number of nitrogens with zero attached hydrogens (tertiary/aromatic N) is 2. The Balaban J connectivity index is 1.49. The Morgan fingerprint density at radius 2 is 1.85 bits per heavy atom. The van der Waals surface area contributed by atoms with Gasteiger partial charge in [-0.3, -0.25) is 14.7 Å². The number of H-pyrrole nitrogens is 1. The molecule has 0 amide bonds. The Morgan fingerprint density at radius 1 is 1.11 bits per heavy atom. The first-order valence-corrected chi connectivity index (χ1v) is 10.1. The number of hydrogen-bond donors (Lipinski definition) is 2. The lowest BCUT2D eigenvalue weighted by molar-refractivity contribution is 0.242. The predicted octanol–water partition coefficient (Wildman–Crippen LogP) is 2.91. The van der Waals surface area contributed by atoms with Gasteiger partial charge in [0.25, 0.3) is 10.0 Å². The van der Waals surface area contributed by atoms with Crippen molar-refractivity contribution in [1.82, 2.24) is 15.1 Å². The second kappa shape index (κ2) is 7.13. The maximum absolute atomic E-state index is 13.0. The molecule has 0 spiro atoms. The average Bonchev–Trinajstić information content (AvgIpc) is 3.04. The Morgan fingerprint density at radius 3 is 2.59 bits per heavy atom. The third-order valence-electron chi connectivity index (χ3n) is 4.62. The van der Waals surface area contributed by atoms with Gasteiger partial charge in [0.05, 0.1) is 10.6 Å². The van der Waals surface area contributed by atoms with Gasteiger partial charge in [0.1, 0.15) is 5.82 Å². The molecule has 2 aromatic carbocycles. The van der Waals surface area contributed by atoms with E-state index >= 15 is 0 Å². The highest BCUT2D eigenvalue weighted by molar-refractivity contribution is 7.92. The van der Waals surface area contributed by atoms with Gasteiger partial charge in [-0.05, 0) is 36.2 Å². The SMILES string of the molecule is O=S(=O)(Nc1n[nH]c2c1CCN(Cc1ccccc1)C2)c1ccc(F)cc1. The van der Waals surface area contributed by atoms with E-state index in [4.69, 9.17) is 0 Å². The molecule has 0 saturated heterocycles. The third-order valence-corrected chi connectivity index (χ3v) is 5.97. The molecule has 2 N–H and O–H groups in total. The number of aromatic amines is 1. The largest absolute Gasteiger partial charge is 0.293 e. The maximum atomic E-state index is 13.0. The fraction of sp³-hybridized carbons (Fsp3) is 0.211. The fourth-order valence-corrected chi connectivity index (χ4v) is 4.27. The van der Waals surface area contributed by atoms with Crippen LogP contribution in [-0.2, 0) is 29.5 Å². The van der Waals surface area contributed by atoms with Crippen LogP contribution < -0.4 is 4.72 Å². The molecule has 0 aliphatic carbocycles. The van der Waals surface area contributed by atoms with Crippen molar-refractivity contribution < 1.29 is 12.8 Å². The number of sulfonamides is 1. The number of benzene rings is 2. The topological polar surface area (TPSA) is 78.1 Å². The van der Waals surface area contributed by atoms with Crippen LogP contribution >= 0.6 is 0 Å². The molecule has 6 nitrogen and oxygen atoms in total. The number of halogens is 1. The van der Waals surface area contributed by atoms with E-state index in [9.17, 15) is 12.8 Å². The van der Waals surface area contributed by atoms with Crippen LogP contribution in [-0.4, -0.2) is 30.1 Å². The molecule has 27 heavy (non-hydrogen) atoms. The number of hydrogen-bond acceptors (Lipinski definition) is 4. The summed E-state index contributed by atoms with van der Waals surface area (Å²) in [6.07, 6.45) is 0.694. The Kier molecular flexibility index (Phi) is 4.67. The van der Waals surface area contributed by atoms with E-state index < -0.39 is 15.8 Å². The highest BCUT2D eigenvalue weighted by Crippen LogP contribution is 2.26. The van der Waals surface area contributed by atoms with Crippen LogP contribution in [0.4, 0.5) is 10.2 Å². The molecular formula is C19H19FN4O2S. The van der Waals surface area contributed by atoms with E-state index in [-0.39, 0.29) is 4.90 Å². The first-order valence-electron chi connectivity index (χ1n) is 8.62. The zero-order valence-electron chi connectivity index (χ0n) is 14.5. The number of anilines is 1. The summed E-state index contributed by atoms with van der Waals surface area (Å²) >= 11 is 0. The van der Waals surface area contributed by atoms with Crippen LogP contribution in [0.25, 0.3) is 0 Å². The molecule has 0 unspecified atom stereocenters. The monoisotopic (exact) mass is 386 g/mol. The van der Waals surface area contributed by atoms with Gasteiger partial charge >= 0.3 is 0 Å². The quantitative estimate of drug-likeness (QED) is 0.707. The predicted molar refractivity (Wildman–Crippen MR) is 100 cm³/mol. The minimum Gasteiger partial charge on any atom is -0.293 e. The number of fused-ring (bicyclic) bond motifs is 1. The van der Waals surface area contributed by atoms with E-state index in [0.717, 1.165) is 36.5 Å². The third kappa shape index (κ3) is 3.86. The summed E-state index contributed by atoms with van der Waals surface area (Å²) in [7, 11) is -3.81. The number of aromatic nitrogens is 2. The summed E-state index contributed by atoms with van der Waals surface area (Å²) in [6.45, 7) is 2.32. The average molecular weight is 386 g/mol. The van der Waals surface area contributed by atoms with Gasteiger partial charge in [-0.25, -0.2) is 12.8 Å². The minimum atomic E-state index is -3.81. The summed E-state index contributed by atoms with van der Waals surface area (Å²) in [4.78, 5) is 2.29. The van der Waals surface area contributed by atoms with Gasteiger partial charge in [-0.15, -0.1) is 0 Å². The van der Waals surface area contributed by atoms with Crippen LogP contribution in [0.2, 0.25) is 0 Å². The maximum Gasteiger partial charge on any atom is 0.263 e. The second-order valence-electron chi connectivity index (χ2n) is 6.53. The van der Waals surface area contributed by atoms with Crippen molar-refractivity contribution in [3.05, 3.63) is 77.2 Å². The van der Waals surface area contributed by atoms with Gasteiger partial charge in [0.15, 0.2) is 5.82 Å².